The fraction of sp³-hybridized carbons (Fsp3) is 0.133. The summed E-state index contributed by atoms with van der Waals surface area (Å²) in [4.78, 5) is 29.7. The largest absolute Gasteiger partial charge is 0.321 e. The summed E-state index contributed by atoms with van der Waals surface area (Å²) in [5.41, 5.74) is 1.50. The van der Waals surface area contributed by atoms with Gasteiger partial charge in [-0.25, -0.2) is 4.98 Å². The zero-order valence-electron chi connectivity index (χ0n) is 11.6. The first-order valence-electron chi connectivity index (χ1n) is 6.40. The van der Waals surface area contributed by atoms with Gasteiger partial charge in [-0.3, -0.25) is 14.0 Å². The molecule has 0 atom stereocenters. The predicted molar refractivity (Wildman–Crippen MR) is 82.2 cm³/mol. The van der Waals surface area contributed by atoms with E-state index in [9.17, 15) is 9.59 Å². The highest BCUT2D eigenvalue weighted by Crippen LogP contribution is 2.18. The lowest BCUT2D eigenvalue weighted by Crippen LogP contribution is -2.12. The number of nitrogens with zero attached hydrogens (tertiary/aromatic N) is 2. The monoisotopic (exact) mass is 299 g/mol. The second-order valence-electron chi connectivity index (χ2n) is 4.75. The molecular weight excluding hydrogens is 286 g/mol. The molecule has 3 aromatic rings. The number of carbonyl (C=O) groups excluding carboxylic acids is 2. The van der Waals surface area contributed by atoms with Crippen LogP contribution in [0.3, 0.4) is 0 Å². The molecular formula is C15H13N3O2S. The Morgan fingerprint density at radius 2 is 2.10 bits per heavy atom. The van der Waals surface area contributed by atoms with Crippen LogP contribution in [0.2, 0.25) is 0 Å². The summed E-state index contributed by atoms with van der Waals surface area (Å²) in [6.07, 6.45) is 3.63. The van der Waals surface area contributed by atoms with Gasteiger partial charge in [0.15, 0.2) is 10.7 Å². The maximum absolute atomic E-state index is 12.2. The van der Waals surface area contributed by atoms with Crippen LogP contribution < -0.4 is 5.32 Å². The number of aromatic nitrogens is 2. The lowest BCUT2D eigenvalue weighted by molar-refractivity contribution is 0.100. The number of carbonyl (C=O) groups is 2. The van der Waals surface area contributed by atoms with Gasteiger partial charge in [-0.1, -0.05) is 12.1 Å². The van der Waals surface area contributed by atoms with E-state index in [2.05, 4.69) is 10.3 Å². The van der Waals surface area contributed by atoms with Crippen LogP contribution >= 0.6 is 11.3 Å². The highest BCUT2D eigenvalue weighted by atomic mass is 32.1. The van der Waals surface area contributed by atoms with Crippen molar-refractivity contribution in [1.82, 2.24) is 9.38 Å². The van der Waals surface area contributed by atoms with E-state index in [1.165, 1.54) is 18.3 Å². The van der Waals surface area contributed by atoms with Crippen molar-refractivity contribution in [3.63, 3.8) is 0 Å². The molecule has 2 heterocycles. The maximum Gasteiger partial charge on any atom is 0.275 e. The minimum Gasteiger partial charge on any atom is -0.321 e. The molecule has 1 N–H and O–H groups in total. The SMILES string of the molecule is CC(=O)c1cccc(NC(=O)c2cn3cc(C)sc3n2)c1. The third-order valence-electron chi connectivity index (χ3n) is 3.03. The number of amides is 1. The van der Waals surface area contributed by atoms with Crippen LogP contribution in [-0.4, -0.2) is 21.1 Å². The van der Waals surface area contributed by atoms with E-state index in [4.69, 9.17) is 0 Å². The van der Waals surface area contributed by atoms with Crippen LogP contribution in [0, 0.1) is 6.92 Å². The molecule has 0 unspecified atom stereocenters. The lowest BCUT2D eigenvalue weighted by atomic mass is 10.1. The molecule has 5 nitrogen and oxygen atoms in total. The number of aryl methyl sites for hydroxylation is 1. The van der Waals surface area contributed by atoms with Gasteiger partial charge < -0.3 is 5.32 Å². The van der Waals surface area contributed by atoms with Crippen molar-refractivity contribution in [3.8, 4) is 0 Å². The zero-order chi connectivity index (χ0) is 15.0. The number of ketones is 1. The standard InChI is InChI=1S/C15H13N3O2S/c1-9-7-18-8-13(17-15(18)21-9)14(20)16-12-5-3-4-11(6-12)10(2)19/h3-8H,1-2H3,(H,16,20). The summed E-state index contributed by atoms with van der Waals surface area (Å²) in [7, 11) is 0. The summed E-state index contributed by atoms with van der Waals surface area (Å²) in [6.45, 7) is 3.49. The van der Waals surface area contributed by atoms with E-state index in [1.807, 2.05) is 17.5 Å². The number of thiazole rings is 1. The minimum absolute atomic E-state index is 0.0379. The molecule has 6 heteroatoms. The van der Waals surface area contributed by atoms with Gasteiger partial charge in [-0.15, -0.1) is 11.3 Å². The Bertz CT molecular complexity index is 816. The Morgan fingerprint density at radius 1 is 1.29 bits per heavy atom. The molecule has 0 saturated carbocycles. The first kappa shape index (κ1) is 13.5. The number of fused-ring (bicyclic) bond motifs is 1. The predicted octanol–water partition coefficient (Wildman–Crippen LogP) is 3.16. The zero-order valence-corrected chi connectivity index (χ0v) is 12.4. The van der Waals surface area contributed by atoms with Crippen LogP contribution in [0.4, 0.5) is 5.69 Å². The number of anilines is 1. The Hall–Kier alpha value is -2.47. The van der Waals surface area contributed by atoms with Crippen LogP contribution in [0.25, 0.3) is 4.96 Å². The summed E-state index contributed by atoms with van der Waals surface area (Å²) in [6, 6.07) is 6.85. The van der Waals surface area contributed by atoms with E-state index >= 15 is 0 Å². The second-order valence-corrected chi connectivity index (χ2v) is 5.96. The van der Waals surface area contributed by atoms with Gasteiger partial charge >= 0.3 is 0 Å². The van der Waals surface area contributed by atoms with Gasteiger partial charge in [0.1, 0.15) is 5.69 Å². The Balaban J connectivity index is 1.83. The van der Waals surface area contributed by atoms with Gasteiger partial charge in [0.2, 0.25) is 0 Å². The topological polar surface area (TPSA) is 63.5 Å². The molecule has 1 amide bonds. The molecule has 0 saturated heterocycles. The van der Waals surface area contributed by atoms with Crippen molar-refractivity contribution < 1.29 is 9.59 Å². The fourth-order valence-electron chi connectivity index (χ4n) is 2.03. The van der Waals surface area contributed by atoms with Crippen LogP contribution in [0.5, 0.6) is 0 Å². The molecule has 0 radical (unpaired) electrons. The van der Waals surface area contributed by atoms with Gasteiger partial charge in [0.05, 0.1) is 0 Å². The second kappa shape index (κ2) is 5.14. The van der Waals surface area contributed by atoms with E-state index in [0.29, 0.717) is 16.9 Å². The third kappa shape index (κ3) is 2.71. The van der Waals surface area contributed by atoms with Crippen LogP contribution in [0.15, 0.2) is 36.7 Å². The first-order valence-corrected chi connectivity index (χ1v) is 7.22. The summed E-state index contributed by atoms with van der Waals surface area (Å²) < 4.78 is 1.83. The van der Waals surface area contributed by atoms with Gasteiger partial charge in [-0.2, -0.15) is 0 Å². The number of rotatable bonds is 3. The quantitative estimate of drug-likeness (QED) is 0.756. The molecule has 0 aliphatic heterocycles. The van der Waals surface area contributed by atoms with Crippen molar-refractivity contribution >= 4 is 33.7 Å². The number of Topliss-reactive ketones (excluding diaryl/α,β-unsaturated/α-hetero) is 1. The van der Waals surface area contributed by atoms with Crippen molar-refractivity contribution in [3.05, 3.63) is 52.8 Å². The highest BCUT2D eigenvalue weighted by molar-refractivity contribution is 7.17. The summed E-state index contributed by atoms with van der Waals surface area (Å²) in [5.74, 6) is -0.326. The Morgan fingerprint density at radius 3 is 2.81 bits per heavy atom. The van der Waals surface area contributed by atoms with E-state index in [-0.39, 0.29) is 11.7 Å². The molecule has 3 rings (SSSR count). The number of imidazole rings is 1. The average molecular weight is 299 g/mol. The van der Waals surface area contributed by atoms with E-state index in [1.54, 1.807) is 30.5 Å². The molecule has 0 aliphatic carbocycles. The van der Waals surface area contributed by atoms with Gasteiger partial charge in [0, 0.05) is 28.5 Å². The highest BCUT2D eigenvalue weighted by Gasteiger charge is 2.13. The molecule has 0 bridgehead atoms. The smallest absolute Gasteiger partial charge is 0.275 e. The summed E-state index contributed by atoms with van der Waals surface area (Å²) in [5, 5.41) is 2.76. The molecule has 0 aliphatic rings. The molecule has 0 fully saturated rings. The number of nitrogens with one attached hydrogen (secondary N) is 1. The Labute approximate surface area is 125 Å². The van der Waals surface area contributed by atoms with Crippen LogP contribution in [-0.2, 0) is 0 Å². The lowest BCUT2D eigenvalue weighted by Gasteiger charge is -2.04. The van der Waals surface area contributed by atoms with Crippen molar-refractivity contribution in [2.45, 2.75) is 13.8 Å². The van der Waals surface area contributed by atoms with E-state index < -0.39 is 0 Å². The van der Waals surface area contributed by atoms with Crippen molar-refractivity contribution in [2.24, 2.45) is 0 Å². The minimum atomic E-state index is -0.288. The van der Waals surface area contributed by atoms with Gasteiger partial charge in [-0.05, 0) is 26.0 Å². The van der Waals surface area contributed by atoms with Crippen LogP contribution in [0.1, 0.15) is 32.6 Å². The molecule has 2 aromatic heterocycles. The normalized spacial score (nSPS) is 10.8. The summed E-state index contributed by atoms with van der Waals surface area (Å²) >= 11 is 1.53. The Kier molecular flexibility index (Phi) is 3.31. The number of hydrogen-bond acceptors (Lipinski definition) is 4. The molecule has 21 heavy (non-hydrogen) atoms. The average Bonchev–Trinajstić information content (AvgIpc) is 2.96. The third-order valence-corrected chi connectivity index (χ3v) is 3.94. The fourth-order valence-corrected chi connectivity index (χ4v) is 2.84. The maximum atomic E-state index is 12.2. The molecule has 106 valence electrons. The molecule has 0 spiro atoms. The van der Waals surface area contributed by atoms with E-state index in [0.717, 1.165) is 9.84 Å². The van der Waals surface area contributed by atoms with Crippen molar-refractivity contribution in [1.29, 1.82) is 0 Å². The molecule has 1 aromatic carbocycles. The van der Waals surface area contributed by atoms with Crippen molar-refractivity contribution in [2.75, 3.05) is 5.32 Å². The number of benzene rings is 1. The van der Waals surface area contributed by atoms with Gasteiger partial charge in [0.25, 0.3) is 5.91 Å². The first-order chi connectivity index (χ1) is 10.0. The number of hydrogen-bond donors (Lipinski definition) is 1.